The van der Waals surface area contributed by atoms with Gasteiger partial charge in [0.05, 0.1) is 11.6 Å². The highest BCUT2D eigenvalue weighted by Gasteiger charge is 2.24. The third kappa shape index (κ3) is 4.43. The SMILES string of the molecule is CC(=O)[O-].c1ccc(-c2nn(-c3ccccc3)[n+](-c3nncc4ccccc34)n2)cc1. The number of carbonyl (C=O) groups excluding carboxylic acids is 1. The topological polar surface area (TPSA) is 100 Å². The molecule has 2 heterocycles. The minimum Gasteiger partial charge on any atom is -0.550 e. The highest BCUT2D eigenvalue weighted by Crippen LogP contribution is 2.17. The van der Waals surface area contributed by atoms with E-state index in [4.69, 9.17) is 20.1 Å². The maximum atomic E-state index is 8.89. The summed E-state index contributed by atoms with van der Waals surface area (Å²) in [5, 5.41) is 28.8. The fraction of sp³-hybridized carbons (Fsp3) is 0.0435. The molecule has 5 rings (SSSR count). The van der Waals surface area contributed by atoms with Crippen molar-refractivity contribution in [2.75, 3.05) is 0 Å². The van der Waals surface area contributed by atoms with Crippen LogP contribution in [0, 0.1) is 0 Å². The number of carbonyl (C=O) groups is 1. The molecule has 0 amide bonds. The summed E-state index contributed by atoms with van der Waals surface area (Å²) in [6.07, 6.45) is 1.75. The number of carboxylic acid groups (broad SMARTS) is 1. The molecule has 0 saturated heterocycles. The second kappa shape index (κ2) is 8.91. The van der Waals surface area contributed by atoms with E-state index in [1.807, 2.05) is 84.9 Å². The lowest BCUT2D eigenvalue weighted by Crippen LogP contribution is -2.44. The Morgan fingerprint density at radius 1 is 0.903 bits per heavy atom. The summed E-state index contributed by atoms with van der Waals surface area (Å²) in [6.45, 7) is 0.972. The molecule has 0 aliphatic rings. The number of hydrogen-bond donors (Lipinski definition) is 0. The highest BCUT2D eigenvalue weighted by atomic mass is 16.4. The summed E-state index contributed by atoms with van der Waals surface area (Å²) in [6, 6.07) is 27.8. The number of hydrogen-bond acceptors (Lipinski definition) is 6. The van der Waals surface area contributed by atoms with Crippen LogP contribution in [-0.4, -0.2) is 31.2 Å². The van der Waals surface area contributed by atoms with Crippen molar-refractivity contribution in [1.29, 1.82) is 0 Å². The van der Waals surface area contributed by atoms with Crippen LogP contribution in [-0.2, 0) is 4.79 Å². The first kappa shape index (κ1) is 19.8. The Labute approximate surface area is 178 Å². The normalized spacial score (nSPS) is 10.4. The van der Waals surface area contributed by atoms with Crippen LogP contribution in [0.4, 0.5) is 0 Å². The van der Waals surface area contributed by atoms with Gasteiger partial charge in [-0.2, -0.15) is 0 Å². The summed E-state index contributed by atoms with van der Waals surface area (Å²) in [4.78, 5) is 12.3. The first-order chi connectivity index (χ1) is 15.1. The van der Waals surface area contributed by atoms with Crippen LogP contribution in [0.25, 0.3) is 33.7 Å². The zero-order valence-electron chi connectivity index (χ0n) is 16.7. The fourth-order valence-corrected chi connectivity index (χ4v) is 3.01. The van der Waals surface area contributed by atoms with Crippen molar-refractivity contribution in [1.82, 2.24) is 25.2 Å². The third-order valence-corrected chi connectivity index (χ3v) is 4.32. The summed E-state index contributed by atoms with van der Waals surface area (Å²) in [5.74, 6) is 0.167. The molecule has 8 nitrogen and oxygen atoms in total. The summed E-state index contributed by atoms with van der Waals surface area (Å²) < 4.78 is 0. The fourth-order valence-electron chi connectivity index (χ4n) is 3.01. The van der Waals surface area contributed by atoms with Crippen LogP contribution >= 0.6 is 0 Å². The number of tetrazole rings is 1. The van der Waals surface area contributed by atoms with E-state index >= 15 is 0 Å². The Bertz CT molecular complexity index is 1310. The van der Waals surface area contributed by atoms with Gasteiger partial charge in [0.2, 0.25) is 0 Å². The van der Waals surface area contributed by atoms with Crippen LogP contribution in [0.5, 0.6) is 0 Å². The van der Waals surface area contributed by atoms with Crippen LogP contribution in [0.1, 0.15) is 6.92 Å². The molecule has 0 bridgehead atoms. The van der Waals surface area contributed by atoms with E-state index in [9.17, 15) is 0 Å². The quantitative estimate of drug-likeness (QED) is 0.421. The number of aliphatic carboxylic acids is 1. The predicted octanol–water partition coefficient (Wildman–Crippen LogP) is 1.91. The molecule has 0 N–H and O–H groups in total. The molecule has 8 heteroatoms. The molecule has 3 aromatic carbocycles. The number of rotatable bonds is 3. The van der Waals surface area contributed by atoms with E-state index in [1.54, 1.807) is 15.8 Å². The zero-order valence-corrected chi connectivity index (χ0v) is 16.7. The van der Waals surface area contributed by atoms with Crippen molar-refractivity contribution in [3.8, 4) is 22.9 Å². The maximum Gasteiger partial charge on any atom is 0.339 e. The minimum atomic E-state index is -1.08. The molecule has 0 aliphatic heterocycles. The predicted molar refractivity (Wildman–Crippen MR) is 112 cm³/mol. The minimum absolute atomic E-state index is 0.620. The Kier molecular flexibility index (Phi) is 5.70. The molecule has 2 aromatic heterocycles. The molecule has 0 atom stereocenters. The molecule has 0 unspecified atom stereocenters. The maximum absolute atomic E-state index is 8.89. The number of fused-ring (bicyclic) bond motifs is 1. The van der Waals surface area contributed by atoms with E-state index in [1.165, 1.54) is 0 Å². The average Bonchev–Trinajstić information content (AvgIpc) is 3.25. The number of nitrogens with zero attached hydrogens (tertiary/aromatic N) is 6. The van der Waals surface area contributed by atoms with E-state index in [0.29, 0.717) is 11.6 Å². The van der Waals surface area contributed by atoms with Gasteiger partial charge in [0.1, 0.15) is 5.69 Å². The average molecular weight is 410 g/mol. The molecule has 0 spiro atoms. The monoisotopic (exact) mass is 410 g/mol. The van der Waals surface area contributed by atoms with Crippen molar-refractivity contribution in [3.05, 3.63) is 91.1 Å². The summed E-state index contributed by atoms with van der Waals surface area (Å²) >= 11 is 0. The lowest BCUT2D eigenvalue weighted by Gasteiger charge is -2.01. The van der Waals surface area contributed by atoms with Crippen molar-refractivity contribution < 1.29 is 14.7 Å². The van der Waals surface area contributed by atoms with E-state index in [2.05, 4.69) is 10.2 Å². The first-order valence-electron chi connectivity index (χ1n) is 9.52. The van der Waals surface area contributed by atoms with Gasteiger partial charge in [0.15, 0.2) is 0 Å². The van der Waals surface area contributed by atoms with Gasteiger partial charge in [-0.3, -0.25) is 0 Å². The zero-order chi connectivity index (χ0) is 21.6. The molecule has 0 radical (unpaired) electrons. The largest absolute Gasteiger partial charge is 0.550 e. The summed E-state index contributed by atoms with van der Waals surface area (Å²) in [5.41, 5.74) is 1.83. The molecular formula is C23H18N6O2. The first-order valence-corrected chi connectivity index (χ1v) is 9.52. The van der Waals surface area contributed by atoms with Gasteiger partial charge in [-0.25, -0.2) is 0 Å². The van der Waals surface area contributed by atoms with Gasteiger partial charge < -0.3 is 9.90 Å². The molecule has 0 saturated carbocycles. The Morgan fingerprint density at radius 3 is 2.23 bits per heavy atom. The van der Waals surface area contributed by atoms with Gasteiger partial charge in [0.25, 0.3) is 5.82 Å². The van der Waals surface area contributed by atoms with Crippen molar-refractivity contribution in [2.45, 2.75) is 6.92 Å². The highest BCUT2D eigenvalue weighted by molar-refractivity contribution is 5.85. The van der Waals surface area contributed by atoms with E-state index < -0.39 is 5.97 Å². The third-order valence-electron chi connectivity index (χ3n) is 4.32. The second-order valence-corrected chi connectivity index (χ2v) is 6.55. The van der Waals surface area contributed by atoms with Crippen LogP contribution in [0.3, 0.4) is 0 Å². The molecule has 0 aliphatic carbocycles. The molecule has 152 valence electrons. The van der Waals surface area contributed by atoms with Crippen LogP contribution < -0.4 is 9.90 Å². The molecule has 5 aromatic rings. The number of para-hydroxylation sites is 1. The van der Waals surface area contributed by atoms with E-state index in [-0.39, 0.29) is 0 Å². The standard InChI is InChI=1S/C21H15N6.C2H4O2/c1-3-9-16(10-4-1)20-24-26(18-12-5-2-6-13-18)27(25-20)21-19-14-8-7-11-17(19)15-22-23-21;1-2(3)4/h1-15H;1H3,(H,3,4)/q+1;/p-1. The van der Waals surface area contributed by atoms with Crippen molar-refractivity contribution in [2.24, 2.45) is 0 Å². The van der Waals surface area contributed by atoms with Gasteiger partial charge in [-0.05, 0) is 51.9 Å². The smallest absolute Gasteiger partial charge is 0.339 e. The van der Waals surface area contributed by atoms with Crippen molar-refractivity contribution >= 4 is 16.7 Å². The Morgan fingerprint density at radius 2 is 1.52 bits per heavy atom. The molecule has 0 fully saturated rings. The number of benzene rings is 3. The molecular weight excluding hydrogens is 392 g/mol. The lowest BCUT2D eigenvalue weighted by atomic mass is 10.2. The second-order valence-electron chi connectivity index (χ2n) is 6.55. The van der Waals surface area contributed by atoms with Gasteiger partial charge in [0, 0.05) is 27.1 Å². The van der Waals surface area contributed by atoms with E-state index in [0.717, 1.165) is 28.9 Å². The number of aromatic nitrogens is 6. The van der Waals surface area contributed by atoms with Crippen LogP contribution in [0.15, 0.2) is 91.1 Å². The van der Waals surface area contributed by atoms with Gasteiger partial charge in [-0.1, -0.05) is 59.7 Å². The lowest BCUT2D eigenvalue weighted by molar-refractivity contribution is -0.736. The van der Waals surface area contributed by atoms with Crippen molar-refractivity contribution in [3.63, 3.8) is 0 Å². The Balaban J connectivity index is 0.000000535. The number of carboxylic acids is 1. The Hall–Kier alpha value is -4.46. The van der Waals surface area contributed by atoms with Gasteiger partial charge >= 0.3 is 5.82 Å². The van der Waals surface area contributed by atoms with Crippen LogP contribution in [0.2, 0.25) is 0 Å². The molecule has 31 heavy (non-hydrogen) atoms. The summed E-state index contributed by atoms with van der Waals surface area (Å²) in [7, 11) is 0. The van der Waals surface area contributed by atoms with Gasteiger partial charge in [-0.15, -0.1) is 0 Å².